The van der Waals surface area contributed by atoms with Crippen LogP contribution in [0.1, 0.15) is 37.5 Å². The van der Waals surface area contributed by atoms with Gasteiger partial charge in [0.15, 0.2) is 0 Å². The van der Waals surface area contributed by atoms with E-state index in [1.807, 2.05) is 0 Å². The Morgan fingerprint density at radius 3 is 2.88 bits per heavy atom. The van der Waals surface area contributed by atoms with E-state index in [0.29, 0.717) is 5.92 Å². The number of aromatic nitrogens is 2. The molecule has 1 fully saturated rings. The van der Waals surface area contributed by atoms with Crippen LogP contribution in [0, 0.1) is 18.8 Å². The quantitative estimate of drug-likeness (QED) is 0.817. The summed E-state index contributed by atoms with van der Waals surface area (Å²) in [7, 11) is 0. The predicted molar refractivity (Wildman–Crippen MR) is 66.5 cm³/mol. The van der Waals surface area contributed by atoms with Crippen LogP contribution in [0.4, 0.5) is 0 Å². The molecule has 0 aromatic carbocycles. The van der Waals surface area contributed by atoms with E-state index in [4.69, 9.17) is 4.98 Å². The van der Waals surface area contributed by atoms with Gasteiger partial charge in [0.05, 0.1) is 5.69 Å². The van der Waals surface area contributed by atoms with Crippen LogP contribution >= 0.6 is 0 Å². The van der Waals surface area contributed by atoms with Gasteiger partial charge in [-0.05, 0) is 44.7 Å². The van der Waals surface area contributed by atoms with Crippen molar-refractivity contribution in [1.82, 2.24) is 15.3 Å². The third kappa shape index (κ3) is 2.85. The van der Waals surface area contributed by atoms with Crippen LogP contribution in [-0.2, 0) is 12.8 Å². The Morgan fingerprint density at radius 1 is 1.44 bits per heavy atom. The third-order valence-electron chi connectivity index (χ3n) is 3.28. The molecule has 2 N–H and O–H groups in total. The van der Waals surface area contributed by atoms with Crippen LogP contribution < -0.4 is 5.32 Å². The minimum atomic E-state index is 0.683. The Morgan fingerprint density at radius 2 is 2.25 bits per heavy atom. The SMILES string of the molecule is Cc1[nH]c(CC2CCNC2)nc1CC(C)C. The molecule has 0 radical (unpaired) electrons. The highest BCUT2D eigenvalue weighted by Gasteiger charge is 2.17. The van der Waals surface area contributed by atoms with Gasteiger partial charge >= 0.3 is 0 Å². The number of H-pyrrole nitrogens is 1. The van der Waals surface area contributed by atoms with Crippen molar-refractivity contribution in [2.24, 2.45) is 11.8 Å². The molecule has 3 heteroatoms. The van der Waals surface area contributed by atoms with Crippen molar-refractivity contribution < 1.29 is 0 Å². The lowest BCUT2D eigenvalue weighted by atomic mass is 10.1. The van der Waals surface area contributed by atoms with Gasteiger partial charge < -0.3 is 10.3 Å². The van der Waals surface area contributed by atoms with Gasteiger partial charge in [0.1, 0.15) is 5.82 Å². The molecule has 2 rings (SSSR count). The lowest BCUT2D eigenvalue weighted by Gasteiger charge is -2.04. The minimum Gasteiger partial charge on any atom is -0.346 e. The second-order valence-electron chi connectivity index (χ2n) is 5.42. The molecule has 0 saturated carbocycles. The first-order valence-corrected chi connectivity index (χ1v) is 6.40. The highest BCUT2D eigenvalue weighted by molar-refractivity contribution is 5.14. The second kappa shape index (κ2) is 5.00. The monoisotopic (exact) mass is 221 g/mol. The summed E-state index contributed by atoms with van der Waals surface area (Å²) in [6.07, 6.45) is 3.48. The third-order valence-corrected chi connectivity index (χ3v) is 3.28. The van der Waals surface area contributed by atoms with Gasteiger partial charge in [-0.3, -0.25) is 0 Å². The van der Waals surface area contributed by atoms with Gasteiger partial charge in [0.2, 0.25) is 0 Å². The molecule has 1 aliphatic rings. The van der Waals surface area contributed by atoms with Gasteiger partial charge in [-0.15, -0.1) is 0 Å². The van der Waals surface area contributed by atoms with Gasteiger partial charge in [-0.2, -0.15) is 0 Å². The lowest BCUT2D eigenvalue weighted by molar-refractivity contribution is 0.562. The summed E-state index contributed by atoms with van der Waals surface area (Å²) in [6.45, 7) is 8.95. The zero-order valence-electron chi connectivity index (χ0n) is 10.6. The number of rotatable bonds is 4. The van der Waals surface area contributed by atoms with Crippen molar-refractivity contribution in [3.8, 4) is 0 Å². The molecular weight excluding hydrogens is 198 g/mol. The molecule has 0 aliphatic carbocycles. The number of aromatic amines is 1. The first-order valence-electron chi connectivity index (χ1n) is 6.40. The largest absolute Gasteiger partial charge is 0.346 e. The lowest BCUT2D eigenvalue weighted by Crippen LogP contribution is -2.11. The van der Waals surface area contributed by atoms with Crippen molar-refractivity contribution in [3.63, 3.8) is 0 Å². The Labute approximate surface area is 98.1 Å². The molecule has 1 aliphatic heterocycles. The summed E-state index contributed by atoms with van der Waals surface area (Å²) < 4.78 is 0. The van der Waals surface area contributed by atoms with Crippen LogP contribution in [0.15, 0.2) is 0 Å². The summed E-state index contributed by atoms with van der Waals surface area (Å²) >= 11 is 0. The highest BCUT2D eigenvalue weighted by atomic mass is 14.9. The molecule has 1 unspecified atom stereocenters. The molecule has 1 aromatic heterocycles. The maximum atomic E-state index is 4.73. The minimum absolute atomic E-state index is 0.683. The van der Waals surface area contributed by atoms with E-state index in [1.165, 1.54) is 30.2 Å². The molecule has 0 bridgehead atoms. The van der Waals surface area contributed by atoms with Crippen LogP contribution in [0.3, 0.4) is 0 Å². The fourth-order valence-electron chi connectivity index (χ4n) is 2.41. The molecule has 16 heavy (non-hydrogen) atoms. The molecule has 1 atom stereocenters. The topological polar surface area (TPSA) is 40.7 Å². The van der Waals surface area contributed by atoms with E-state index in [1.54, 1.807) is 0 Å². The number of nitrogens with one attached hydrogen (secondary N) is 2. The smallest absolute Gasteiger partial charge is 0.106 e. The fraction of sp³-hybridized carbons (Fsp3) is 0.769. The normalized spacial score (nSPS) is 20.9. The Kier molecular flexibility index (Phi) is 3.64. The van der Waals surface area contributed by atoms with E-state index < -0.39 is 0 Å². The molecule has 2 heterocycles. The number of hydrogen-bond acceptors (Lipinski definition) is 2. The molecule has 3 nitrogen and oxygen atoms in total. The Hall–Kier alpha value is -0.830. The van der Waals surface area contributed by atoms with Gasteiger partial charge in [0, 0.05) is 12.1 Å². The molecule has 0 spiro atoms. The molecular formula is C13H23N3. The van der Waals surface area contributed by atoms with Gasteiger partial charge in [-0.1, -0.05) is 13.8 Å². The first-order chi connectivity index (χ1) is 7.65. The highest BCUT2D eigenvalue weighted by Crippen LogP contribution is 2.16. The van der Waals surface area contributed by atoms with E-state index in [9.17, 15) is 0 Å². The molecule has 0 amide bonds. The number of nitrogens with zero attached hydrogens (tertiary/aromatic N) is 1. The first kappa shape index (κ1) is 11.6. The fourth-order valence-corrected chi connectivity index (χ4v) is 2.41. The summed E-state index contributed by atoms with van der Waals surface area (Å²) in [5.41, 5.74) is 2.52. The zero-order valence-corrected chi connectivity index (χ0v) is 10.6. The average Bonchev–Trinajstić information content (AvgIpc) is 2.78. The second-order valence-corrected chi connectivity index (χ2v) is 5.42. The van der Waals surface area contributed by atoms with Crippen LogP contribution in [0.2, 0.25) is 0 Å². The van der Waals surface area contributed by atoms with E-state index in [0.717, 1.165) is 25.3 Å². The molecule has 1 aromatic rings. The van der Waals surface area contributed by atoms with Crippen LogP contribution in [0.25, 0.3) is 0 Å². The van der Waals surface area contributed by atoms with Crippen molar-refractivity contribution in [2.75, 3.05) is 13.1 Å². The van der Waals surface area contributed by atoms with E-state index in [2.05, 4.69) is 31.1 Å². The number of imidazole rings is 1. The zero-order chi connectivity index (χ0) is 11.5. The maximum Gasteiger partial charge on any atom is 0.106 e. The predicted octanol–water partition coefficient (Wildman–Crippen LogP) is 2.07. The van der Waals surface area contributed by atoms with Crippen molar-refractivity contribution in [2.45, 2.75) is 40.0 Å². The van der Waals surface area contributed by atoms with Crippen LogP contribution in [0.5, 0.6) is 0 Å². The summed E-state index contributed by atoms with van der Waals surface area (Å²) in [4.78, 5) is 8.17. The number of aryl methyl sites for hydroxylation is 1. The Bertz CT molecular complexity index is 335. The van der Waals surface area contributed by atoms with Gasteiger partial charge in [-0.25, -0.2) is 4.98 Å². The van der Waals surface area contributed by atoms with Crippen LogP contribution in [-0.4, -0.2) is 23.1 Å². The summed E-state index contributed by atoms with van der Waals surface area (Å²) in [6, 6.07) is 0. The molecule has 1 saturated heterocycles. The van der Waals surface area contributed by atoms with E-state index >= 15 is 0 Å². The summed E-state index contributed by atoms with van der Waals surface area (Å²) in [5, 5.41) is 3.40. The van der Waals surface area contributed by atoms with Crippen molar-refractivity contribution in [3.05, 3.63) is 17.2 Å². The standard InChI is InChI=1S/C13H23N3/c1-9(2)6-12-10(3)15-13(16-12)7-11-4-5-14-8-11/h9,11,14H,4-8H2,1-3H3,(H,15,16). The van der Waals surface area contributed by atoms with Crippen molar-refractivity contribution >= 4 is 0 Å². The molecule has 90 valence electrons. The number of hydrogen-bond donors (Lipinski definition) is 2. The summed E-state index contributed by atoms with van der Waals surface area (Å²) in [5.74, 6) is 2.64. The van der Waals surface area contributed by atoms with Crippen molar-refractivity contribution in [1.29, 1.82) is 0 Å². The van der Waals surface area contributed by atoms with E-state index in [-0.39, 0.29) is 0 Å². The maximum absolute atomic E-state index is 4.73. The average molecular weight is 221 g/mol. The Balaban J connectivity index is 1.99. The van der Waals surface area contributed by atoms with Gasteiger partial charge in [0.25, 0.3) is 0 Å².